The van der Waals surface area contributed by atoms with E-state index in [4.69, 9.17) is 9.15 Å². The summed E-state index contributed by atoms with van der Waals surface area (Å²) in [6.07, 6.45) is -2.73. The van der Waals surface area contributed by atoms with Crippen LogP contribution in [0, 0.1) is 5.82 Å². The predicted molar refractivity (Wildman–Crippen MR) is 82.5 cm³/mol. The molecule has 4 nitrogen and oxygen atoms in total. The molecule has 1 aromatic carbocycles. The molecule has 136 valence electrons. The Hall–Kier alpha value is -1.93. The second-order valence-electron chi connectivity index (χ2n) is 5.97. The molecule has 0 bridgehead atoms. The lowest BCUT2D eigenvalue weighted by atomic mass is 9.98. The van der Waals surface area contributed by atoms with Crippen molar-refractivity contribution < 1.29 is 26.7 Å². The van der Waals surface area contributed by atoms with Crippen LogP contribution >= 0.6 is 0 Å². The number of hydrogen-bond donors (Lipinski definition) is 1. The maximum Gasteiger partial charge on any atom is 0.411 e. The molecule has 0 amide bonds. The fourth-order valence-electron chi connectivity index (χ4n) is 2.80. The molecule has 0 aliphatic carbocycles. The number of aromatic nitrogens is 1. The number of oxazole rings is 1. The Labute approximate surface area is 142 Å². The van der Waals surface area contributed by atoms with E-state index in [1.165, 1.54) is 24.3 Å². The van der Waals surface area contributed by atoms with Gasteiger partial charge in [0.2, 0.25) is 0 Å². The molecule has 3 rings (SSSR count). The molecule has 0 radical (unpaired) electrons. The van der Waals surface area contributed by atoms with E-state index in [0.29, 0.717) is 22.9 Å². The molecule has 1 N–H and O–H groups in total. The second kappa shape index (κ2) is 7.53. The van der Waals surface area contributed by atoms with Crippen molar-refractivity contribution in [3.63, 3.8) is 0 Å². The normalized spacial score (nSPS) is 16.3. The van der Waals surface area contributed by atoms with E-state index in [2.05, 4.69) is 10.3 Å². The molecule has 0 atom stereocenters. The summed E-state index contributed by atoms with van der Waals surface area (Å²) in [7, 11) is 0. The van der Waals surface area contributed by atoms with Gasteiger partial charge in [-0.05, 0) is 50.2 Å². The number of halogens is 4. The third kappa shape index (κ3) is 4.79. The van der Waals surface area contributed by atoms with Gasteiger partial charge in [-0.3, -0.25) is 0 Å². The third-order valence-corrected chi connectivity index (χ3v) is 4.01. The van der Waals surface area contributed by atoms with Crippen molar-refractivity contribution in [2.24, 2.45) is 0 Å². The Kier molecular flexibility index (Phi) is 5.39. The summed E-state index contributed by atoms with van der Waals surface area (Å²) in [6.45, 7) is -0.0102. The molecule has 2 heterocycles. The zero-order chi connectivity index (χ0) is 17.9. The summed E-state index contributed by atoms with van der Waals surface area (Å²) in [5, 5.41) is 3.23. The Balaban J connectivity index is 1.84. The van der Waals surface area contributed by atoms with Gasteiger partial charge in [-0.25, -0.2) is 9.37 Å². The Bertz CT molecular complexity index is 692. The minimum atomic E-state index is -4.41. The van der Waals surface area contributed by atoms with Crippen molar-refractivity contribution in [1.82, 2.24) is 10.3 Å². The Morgan fingerprint density at radius 3 is 2.48 bits per heavy atom. The van der Waals surface area contributed by atoms with Gasteiger partial charge in [-0.1, -0.05) is 0 Å². The van der Waals surface area contributed by atoms with E-state index in [1.807, 2.05) is 0 Å². The first-order chi connectivity index (χ1) is 11.9. The van der Waals surface area contributed by atoms with Gasteiger partial charge in [0.15, 0.2) is 11.7 Å². The summed E-state index contributed by atoms with van der Waals surface area (Å²) < 4.78 is 60.6. The van der Waals surface area contributed by atoms with Crippen molar-refractivity contribution >= 4 is 0 Å². The van der Waals surface area contributed by atoms with Crippen LogP contribution in [0.2, 0.25) is 0 Å². The van der Waals surface area contributed by atoms with Crippen molar-refractivity contribution in [3.05, 3.63) is 41.7 Å². The van der Waals surface area contributed by atoms with Gasteiger partial charge in [0.25, 0.3) is 0 Å². The Morgan fingerprint density at radius 1 is 1.16 bits per heavy atom. The Morgan fingerprint density at radius 2 is 1.84 bits per heavy atom. The highest BCUT2D eigenvalue weighted by Gasteiger charge is 2.29. The van der Waals surface area contributed by atoms with Crippen LogP contribution < -0.4 is 5.32 Å². The number of nitrogens with zero attached hydrogens (tertiary/aromatic N) is 1. The SMILES string of the molecule is Fc1ccc(-c2oc(C3CCNCC3)nc2COCC(F)(F)F)cc1. The third-order valence-electron chi connectivity index (χ3n) is 4.01. The van der Waals surface area contributed by atoms with Crippen molar-refractivity contribution in [2.45, 2.75) is 31.5 Å². The molecule has 2 aromatic rings. The average Bonchev–Trinajstić information content (AvgIpc) is 2.99. The maximum atomic E-state index is 13.1. The molecule has 1 aliphatic heterocycles. The molecular formula is C17H18F4N2O2. The van der Waals surface area contributed by atoms with Crippen LogP contribution in [0.3, 0.4) is 0 Å². The maximum absolute atomic E-state index is 13.1. The smallest absolute Gasteiger partial charge is 0.411 e. The summed E-state index contributed by atoms with van der Waals surface area (Å²) in [6, 6.07) is 5.55. The van der Waals surface area contributed by atoms with Gasteiger partial charge in [0.1, 0.15) is 18.1 Å². The lowest BCUT2D eigenvalue weighted by Crippen LogP contribution is -2.26. The molecule has 0 unspecified atom stereocenters. The number of hydrogen-bond acceptors (Lipinski definition) is 4. The lowest BCUT2D eigenvalue weighted by molar-refractivity contribution is -0.176. The highest BCUT2D eigenvalue weighted by molar-refractivity contribution is 5.59. The summed E-state index contributed by atoms with van der Waals surface area (Å²) in [4.78, 5) is 4.37. The zero-order valence-electron chi connectivity index (χ0n) is 13.4. The summed E-state index contributed by atoms with van der Waals surface area (Å²) in [5.74, 6) is 0.524. The van der Waals surface area contributed by atoms with Crippen molar-refractivity contribution in [2.75, 3.05) is 19.7 Å². The van der Waals surface area contributed by atoms with Crippen LogP contribution in [0.4, 0.5) is 17.6 Å². The fraction of sp³-hybridized carbons (Fsp3) is 0.471. The van der Waals surface area contributed by atoms with Crippen LogP contribution in [-0.2, 0) is 11.3 Å². The standard InChI is InChI=1S/C17H18F4N2O2/c18-13-3-1-11(2-4-13)15-14(9-24-10-17(19,20)21)23-16(25-15)12-5-7-22-8-6-12/h1-4,12,22H,5-10H2. The van der Waals surface area contributed by atoms with E-state index >= 15 is 0 Å². The first-order valence-corrected chi connectivity index (χ1v) is 8.03. The van der Waals surface area contributed by atoms with E-state index in [-0.39, 0.29) is 12.5 Å². The zero-order valence-corrected chi connectivity index (χ0v) is 13.4. The van der Waals surface area contributed by atoms with Gasteiger partial charge in [0, 0.05) is 11.5 Å². The molecule has 1 aromatic heterocycles. The van der Waals surface area contributed by atoms with E-state index < -0.39 is 18.6 Å². The number of rotatable bonds is 5. The molecule has 0 saturated carbocycles. The average molecular weight is 358 g/mol. The van der Waals surface area contributed by atoms with E-state index in [0.717, 1.165) is 25.9 Å². The number of alkyl halides is 3. The highest BCUT2D eigenvalue weighted by Crippen LogP contribution is 2.32. The minimum Gasteiger partial charge on any atom is -0.440 e. The number of nitrogens with one attached hydrogen (secondary N) is 1. The molecule has 25 heavy (non-hydrogen) atoms. The van der Waals surface area contributed by atoms with Crippen LogP contribution in [0.1, 0.15) is 30.3 Å². The van der Waals surface area contributed by atoms with Crippen molar-refractivity contribution in [3.8, 4) is 11.3 Å². The van der Waals surface area contributed by atoms with E-state index in [9.17, 15) is 17.6 Å². The van der Waals surface area contributed by atoms with E-state index in [1.54, 1.807) is 0 Å². The van der Waals surface area contributed by atoms with Gasteiger partial charge in [-0.15, -0.1) is 0 Å². The molecule has 0 spiro atoms. The van der Waals surface area contributed by atoms with Crippen molar-refractivity contribution in [1.29, 1.82) is 0 Å². The molecule has 1 aliphatic rings. The fourth-order valence-corrected chi connectivity index (χ4v) is 2.80. The first kappa shape index (κ1) is 17.9. The number of ether oxygens (including phenoxy) is 1. The molecule has 8 heteroatoms. The quantitative estimate of drug-likeness (QED) is 0.820. The topological polar surface area (TPSA) is 47.3 Å². The van der Waals surface area contributed by atoms with Crippen LogP contribution in [0.5, 0.6) is 0 Å². The first-order valence-electron chi connectivity index (χ1n) is 8.03. The van der Waals surface area contributed by atoms with Gasteiger partial charge in [-0.2, -0.15) is 13.2 Å². The van der Waals surface area contributed by atoms with Crippen LogP contribution in [-0.4, -0.2) is 30.9 Å². The van der Waals surface area contributed by atoms with Crippen LogP contribution in [0.25, 0.3) is 11.3 Å². The number of piperidine rings is 1. The van der Waals surface area contributed by atoms with Crippen LogP contribution in [0.15, 0.2) is 28.7 Å². The molecule has 1 fully saturated rings. The van der Waals surface area contributed by atoms with Gasteiger partial charge >= 0.3 is 6.18 Å². The van der Waals surface area contributed by atoms with Gasteiger partial charge in [0.05, 0.1) is 6.61 Å². The lowest BCUT2D eigenvalue weighted by Gasteiger charge is -2.19. The number of benzene rings is 1. The van der Waals surface area contributed by atoms with Gasteiger partial charge < -0.3 is 14.5 Å². The summed E-state index contributed by atoms with van der Waals surface area (Å²) in [5.41, 5.74) is 0.851. The highest BCUT2D eigenvalue weighted by atomic mass is 19.4. The second-order valence-corrected chi connectivity index (χ2v) is 5.97. The largest absolute Gasteiger partial charge is 0.440 e. The monoisotopic (exact) mass is 358 g/mol. The summed E-state index contributed by atoms with van der Waals surface area (Å²) >= 11 is 0. The molecule has 1 saturated heterocycles. The minimum absolute atomic E-state index is 0.108. The molecular weight excluding hydrogens is 340 g/mol. The predicted octanol–water partition coefficient (Wildman–Crippen LogP) is 4.03.